The molecule has 1 aromatic rings. The van der Waals surface area contributed by atoms with Crippen LogP contribution in [0.5, 0.6) is 0 Å². The van der Waals surface area contributed by atoms with Crippen LogP contribution in [0, 0.1) is 0 Å². The second-order valence-electron chi connectivity index (χ2n) is 4.15. The van der Waals surface area contributed by atoms with Gasteiger partial charge >= 0.3 is 0 Å². The number of nitrogens with zero attached hydrogens (tertiary/aromatic N) is 1. The van der Waals surface area contributed by atoms with E-state index in [-0.39, 0.29) is 18.7 Å². The summed E-state index contributed by atoms with van der Waals surface area (Å²) < 4.78 is 0. The molecule has 0 aromatic heterocycles. The SMILES string of the molecule is N[C@@H]1CCN(C(CO)c2ccccc2)C1. The van der Waals surface area contributed by atoms with Crippen molar-refractivity contribution in [3.05, 3.63) is 35.9 Å². The van der Waals surface area contributed by atoms with E-state index in [2.05, 4.69) is 17.0 Å². The monoisotopic (exact) mass is 206 g/mol. The summed E-state index contributed by atoms with van der Waals surface area (Å²) in [6.45, 7) is 2.04. The molecule has 0 amide bonds. The fourth-order valence-electron chi connectivity index (χ4n) is 2.21. The predicted octanol–water partition coefficient (Wildman–Crippen LogP) is 0.753. The van der Waals surface area contributed by atoms with E-state index in [4.69, 9.17) is 5.73 Å². The lowest BCUT2D eigenvalue weighted by Gasteiger charge is -2.26. The van der Waals surface area contributed by atoms with Crippen molar-refractivity contribution in [2.24, 2.45) is 5.73 Å². The molecular weight excluding hydrogens is 188 g/mol. The third-order valence-electron chi connectivity index (χ3n) is 3.05. The van der Waals surface area contributed by atoms with Gasteiger partial charge in [-0.05, 0) is 12.0 Å². The van der Waals surface area contributed by atoms with E-state index in [0.29, 0.717) is 0 Å². The van der Waals surface area contributed by atoms with Gasteiger partial charge in [0.15, 0.2) is 0 Å². The van der Waals surface area contributed by atoms with E-state index < -0.39 is 0 Å². The van der Waals surface area contributed by atoms with Crippen LogP contribution in [0.3, 0.4) is 0 Å². The second kappa shape index (κ2) is 4.75. The highest BCUT2D eigenvalue weighted by molar-refractivity contribution is 5.19. The Kier molecular flexibility index (Phi) is 3.36. The Balaban J connectivity index is 2.11. The summed E-state index contributed by atoms with van der Waals surface area (Å²) in [6, 6.07) is 10.5. The van der Waals surface area contributed by atoms with Crippen LogP contribution in [0.2, 0.25) is 0 Å². The first-order chi connectivity index (χ1) is 7.31. The third-order valence-corrected chi connectivity index (χ3v) is 3.05. The summed E-state index contributed by atoms with van der Waals surface area (Å²) in [6.07, 6.45) is 1.03. The molecule has 1 unspecified atom stereocenters. The van der Waals surface area contributed by atoms with Gasteiger partial charge in [0.2, 0.25) is 0 Å². The topological polar surface area (TPSA) is 49.5 Å². The number of aliphatic hydroxyl groups is 1. The quantitative estimate of drug-likeness (QED) is 0.767. The smallest absolute Gasteiger partial charge is 0.0628 e. The van der Waals surface area contributed by atoms with Gasteiger partial charge in [0, 0.05) is 19.1 Å². The molecule has 3 nitrogen and oxygen atoms in total. The average Bonchev–Trinajstić information content (AvgIpc) is 2.68. The van der Waals surface area contributed by atoms with Gasteiger partial charge in [-0.15, -0.1) is 0 Å². The lowest BCUT2D eigenvalue weighted by atomic mass is 10.1. The predicted molar refractivity (Wildman–Crippen MR) is 60.4 cm³/mol. The first-order valence-corrected chi connectivity index (χ1v) is 5.46. The molecule has 0 aliphatic carbocycles. The van der Waals surface area contributed by atoms with E-state index in [1.165, 1.54) is 5.56 Å². The maximum atomic E-state index is 9.44. The highest BCUT2D eigenvalue weighted by Crippen LogP contribution is 2.23. The molecule has 15 heavy (non-hydrogen) atoms. The Morgan fingerprint density at radius 1 is 1.40 bits per heavy atom. The molecule has 1 fully saturated rings. The molecule has 0 radical (unpaired) electrons. The first kappa shape index (κ1) is 10.6. The first-order valence-electron chi connectivity index (χ1n) is 5.46. The maximum Gasteiger partial charge on any atom is 0.0628 e. The fraction of sp³-hybridized carbons (Fsp3) is 0.500. The van der Waals surface area contributed by atoms with E-state index in [1.54, 1.807) is 0 Å². The summed E-state index contributed by atoms with van der Waals surface area (Å²) in [4.78, 5) is 2.26. The number of rotatable bonds is 3. The van der Waals surface area contributed by atoms with Gasteiger partial charge in [-0.2, -0.15) is 0 Å². The van der Waals surface area contributed by atoms with Gasteiger partial charge in [-0.3, -0.25) is 4.90 Å². The zero-order chi connectivity index (χ0) is 10.7. The lowest BCUT2D eigenvalue weighted by molar-refractivity contribution is 0.146. The van der Waals surface area contributed by atoms with Crippen LogP contribution in [0.1, 0.15) is 18.0 Å². The van der Waals surface area contributed by atoms with Crippen molar-refractivity contribution >= 4 is 0 Å². The summed E-state index contributed by atoms with van der Waals surface area (Å²) >= 11 is 0. The zero-order valence-corrected chi connectivity index (χ0v) is 8.84. The molecular formula is C12H18N2O. The second-order valence-corrected chi connectivity index (χ2v) is 4.15. The molecule has 1 aromatic carbocycles. The minimum absolute atomic E-state index is 0.111. The van der Waals surface area contributed by atoms with Crippen LogP contribution in [0.25, 0.3) is 0 Å². The number of hydrogen-bond acceptors (Lipinski definition) is 3. The van der Waals surface area contributed by atoms with E-state index >= 15 is 0 Å². The highest BCUT2D eigenvalue weighted by Gasteiger charge is 2.26. The Bertz CT molecular complexity index is 302. The minimum Gasteiger partial charge on any atom is -0.394 e. The van der Waals surface area contributed by atoms with Crippen molar-refractivity contribution < 1.29 is 5.11 Å². The highest BCUT2D eigenvalue weighted by atomic mass is 16.3. The van der Waals surface area contributed by atoms with Crippen molar-refractivity contribution in [1.29, 1.82) is 0 Å². The van der Waals surface area contributed by atoms with Gasteiger partial charge < -0.3 is 10.8 Å². The largest absolute Gasteiger partial charge is 0.394 e. The van der Waals surface area contributed by atoms with Gasteiger partial charge in [0.05, 0.1) is 12.6 Å². The third kappa shape index (κ3) is 2.37. The molecule has 1 aliphatic heterocycles. The molecule has 0 bridgehead atoms. The molecule has 3 N–H and O–H groups in total. The normalized spacial score (nSPS) is 24.3. The average molecular weight is 206 g/mol. The Hall–Kier alpha value is -0.900. The summed E-state index contributed by atoms with van der Waals surface area (Å²) in [5.41, 5.74) is 7.05. The van der Waals surface area contributed by atoms with Crippen molar-refractivity contribution in [3.8, 4) is 0 Å². The van der Waals surface area contributed by atoms with Crippen LogP contribution >= 0.6 is 0 Å². The number of aliphatic hydroxyl groups excluding tert-OH is 1. The van der Waals surface area contributed by atoms with Gasteiger partial charge in [-0.25, -0.2) is 0 Å². The van der Waals surface area contributed by atoms with E-state index in [9.17, 15) is 5.11 Å². The zero-order valence-electron chi connectivity index (χ0n) is 8.84. The van der Waals surface area contributed by atoms with E-state index in [0.717, 1.165) is 19.5 Å². The Labute approximate surface area is 90.5 Å². The summed E-state index contributed by atoms with van der Waals surface area (Å²) in [5, 5.41) is 9.44. The molecule has 2 rings (SSSR count). The van der Waals surface area contributed by atoms with Gasteiger partial charge in [0.25, 0.3) is 0 Å². The molecule has 3 heteroatoms. The summed E-state index contributed by atoms with van der Waals surface area (Å²) in [5.74, 6) is 0. The molecule has 1 heterocycles. The van der Waals surface area contributed by atoms with Gasteiger partial charge in [-0.1, -0.05) is 30.3 Å². The van der Waals surface area contributed by atoms with Crippen LogP contribution in [0.4, 0.5) is 0 Å². The number of hydrogen-bond donors (Lipinski definition) is 2. The number of likely N-dealkylation sites (tertiary alicyclic amines) is 1. The standard InChI is InChI=1S/C12H18N2O/c13-11-6-7-14(8-11)12(9-15)10-4-2-1-3-5-10/h1-5,11-12,15H,6-9,13H2/t11-,12?/m1/s1. The lowest BCUT2D eigenvalue weighted by Crippen LogP contribution is -2.32. The fourth-order valence-corrected chi connectivity index (χ4v) is 2.21. The van der Waals surface area contributed by atoms with Crippen molar-refractivity contribution in [3.63, 3.8) is 0 Å². The maximum absolute atomic E-state index is 9.44. The molecule has 1 aliphatic rings. The number of benzene rings is 1. The Morgan fingerprint density at radius 3 is 2.67 bits per heavy atom. The van der Waals surface area contributed by atoms with Crippen molar-refractivity contribution in [1.82, 2.24) is 4.90 Å². The van der Waals surface area contributed by atoms with Crippen LogP contribution in [-0.4, -0.2) is 35.7 Å². The molecule has 0 saturated carbocycles. The summed E-state index contributed by atoms with van der Waals surface area (Å²) in [7, 11) is 0. The van der Waals surface area contributed by atoms with Crippen molar-refractivity contribution in [2.45, 2.75) is 18.5 Å². The van der Waals surface area contributed by atoms with Gasteiger partial charge in [0.1, 0.15) is 0 Å². The number of nitrogens with two attached hydrogens (primary N) is 1. The van der Waals surface area contributed by atoms with Crippen molar-refractivity contribution in [2.75, 3.05) is 19.7 Å². The molecule has 1 saturated heterocycles. The van der Waals surface area contributed by atoms with E-state index in [1.807, 2.05) is 18.2 Å². The van der Waals surface area contributed by atoms with Crippen LogP contribution in [0.15, 0.2) is 30.3 Å². The molecule has 82 valence electrons. The molecule has 2 atom stereocenters. The Morgan fingerprint density at radius 2 is 2.13 bits per heavy atom. The van der Waals surface area contributed by atoms with Crippen LogP contribution in [-0.2, 0) is 0 Å². The molecule has 0 spiro atoms. The minimum atomic E-state index is 0.111. The van der Waals surface area contributed by atoms with Crippen LogP contribution < -0.4 is 5.73 Å².